The molecular formula is C37H34N4O2S. The molecule has 0 atom stereocenters. The largest absolute Gasteiger partial charge is 0.494 e. The van der Waals surface area contributed by atoms with E-state index in [0.29, 0.717) is 17.9 Å². The molecule has 0 fully saturated rings. The maximum atomic E-state index is 14.0. The van der Waals surface area contributed by atoms with Crippen LogP contribution in [0.15, 0.2) is 131 Å². The second-order valence-corrected chi connectivity index (χ2v) is 11.7. The van der Waals surface area contributed by atoms with Crippen molar-refractivity contribution in [2.75, 3.05) is 17.4 Å². The number of hydrogen-bond donors (Lipinski definition) is 0. The second kappa shape index (κ2) is 13.6. The molecule has 1 amide bonds. The zero-order chi connectivity index (χ0) is 30.3. The maximum Gasteiger partial charge on any atom is 0.280 e. The zero-order valence-corrected chi connectivity index (χ0v) is 25.7. The Labute approximate surface area is 262 Å². The monoisotopic (exact) mass is 598 g/mol. The van der Waals surface area contributed by atoms with Gasteiger partial charge in [0.25, 0.3) is 5.91 Å². The Hall–Kier alpha value is -4.88. The van der Waals surface area contributed by atoms with E-state index in [1.165, 1.54) is 10.6 Å². The summed E-state index contributed by atoms with van der Waals surface area (Å²) in [5, 5.41) is 11.3. The highest BCUT2D eigenvalue weighted by Gasteiger charge is 2.31. The van der Waals surface area contributed by atoms with Crippen LogP contribution in [0.5, 0.6) is 5.75 Å². The zero-order valence-electron chi connectivity index (χ0n) is 24.9. The van der Waals surface area contributed by atoms with Gasteiger partial charge in [0.15, 0.2) is 0 Å². The fraction of sp³-hybridized carbons (Fsp3) is 0.162. The van der Waals surface area contributed by atoms with Gasteiger partial charge in [0.2, 0.25) is 0 Å². The van der Waals surface area contributed by atoms with Gasteiger partial charge >= 0.3 is 0 Å². The lowest BCUT2D eigenvalue weighted by atomic mass is 10.0. The molecule has 0 saturated heterocycles. The summed E-state index contributed by atoms with van der Waals surface area (Å²) in [5.74, 6) is 1.19. The van der Waals surface area contributed by atoms with Gasteiger partial charge < -0.3 is 4.74 Å². The lowest BCUT2D eigenvalue weighted by Gasteiger charge is -2.11. The van der Waals surface area contributed by atoms with Crippen LogP contribution in [0.2, 0.25) is 0 Å². The summed E-state index contributed by atoms with van der Waals surface area (Å²) in [6.07, 6.45) is 5.98. The Morgan fingerprint density at radius 2 is 1.59 bits per heavy atom. The Balaban J connectivity index is 1.41. The highest BCUT2D eigenvalue weighted by molar-refractivity contribution is 8.00. The van der Waals surface area contributed by atoms with Crippen molar-refractivity contribution in [1.29, 1.82) is 0 Å². The molecule has 1 aliphatic rings. The first-order valence-corrected chi connectivity index (χ1v) is 15.8. The van der Waals surface area contributed by atoms with Crippen molar-refractivity contribution in [2.45, 2.75) is 31.6 Å². The topological polar surface area (TPSA) is 59.7 Å². The van der Waals surface area contributed by atoms with Gasteiger partial charge in [-0.3, -0.25) is 4.79 Å². The third-order valence-electron chi connectivity index (χ3n) is 7.29. The van der Waals surface area contributed by atoms with Crippen molar-refractivity contribution >= 4 is 35.1 Å². The minimum atomic E-state index is -0.161. The van der Waals surface area contributed by atoms with Crippen molar-refractivity contribution in [3.63, 3.8) is 0 Å². The molecule has 6 rings (SSSR count). The molecule has 7 heteroatoms. The number of benzene rings is 4. The van der Waals surface area contributed by atoms with E-state index in [9.17, 15) is 4.79 Å². The normalized spacial score (nSPS) is 13.9. The van der Waals surface area contributed by atoms with Crippen LogP contribution in [0.4, 0.5) is 5.69 Å². The number of rotatable bonds is 11. The number of ether oxygens (including phenoxy) is 1. The number of thioether (sulfide) groups is 1. The van der Waals surface area contributed by atoms with Gasteiger partial charge in [-0.2, -0.15) is 15.2 Å². The molecule has 4 aromatic carbocycles. The van der Waals surface area contributed by atoms with Gasteiger partial charge in [-0.15, -0.1) is 11.8 Å². The molecule has 0 radical (unpaired) electrons. The Morgan fingerprint density at radius 1 is 0.864 bits per heavy atom. The van der Waals surface area contributed by atoms with Gasteiger partial charge in [-0.1, -0.05) is 79.6 Å². The lowest BCUT2D eigenvalue weighted by molar-refractivity contribution is -0.114. The third kappa shape index (κ3) is 6.68. The number of carbonyl (C=O) groups is 1. The molecule has 6 nitrogen and oxygen atoms in total. The summed E-state index contributed by atoms with van der Waals surface area (Å²) in [5.41, 5.74) is 6.65. The maximum absolute atomic E-state index is 14.0. The summed E-state index contributed by atoms with van der Waals surface area (Å²) in [6, 6.07) is 36.0. The van der Waals surface area contributed by atoms with E-state index in [2.05, 4.69) is 38.1 Å². The number of amides is 1. The lowest BCUT2D eigenvalue weighted by Crippen LogP contribution is -2.21. The molecule has 0 unspecified atom stereocenters. The summed E-state index contributed by atoms with van der Waals surface area (Å²) in [7, 11) is 0. The molecule has 44 heavy (non-hydrogen) atoms. The molecule has 2 heterocycles. The van der Waals surface area contributed by atoms with E-state index in [0.717, 1.165) is 57.4 Å². The Morgan fingerprint density at radius 3 is 2.32 bits per heavy atom. The van der Waals surface area contributed by atoms with Gasteiger partial charge in [0, 0.05) is 28.0 Å². The molecule has 0 bridgehead atoms. The average Bonchev–Trinajstić information content (AvgIpc) is 3.63. The van der Waals surface area contributed by atoms with E-state index in [1.54, 1.807) is 11.8 Å². The predicted octanol–water partition coefficient (Wildman–Crippen LogP) is 8.61. The number of aromatic nitrogens is 2. The number of unbranched alkanes of at least 4 members (excludes halogenated alkanes) is 1. The number of para-hydroxylation sites is 2. The van der Waals surface area contributed by atoms with Crippen LogP contribution in [0.1, 0.15) is 30.9 Å². The van der Waals surface area contributed by atoms with Gasteiger partial charge in [-0.25, -0.2) is 4.68 Å². The van der Waals surface area contributed by atoms with Crippen molar-refractivity contribution in [3.05, 3.63) is 132 Å². The van der Waals surface area contributed by atoms with Crippen molar-refractivity contribution in [3.8, 4) is 22.7 Å². The first-order chi connectivity index (χ1) is 21.6. The highest BCUT2D eigenvalue weighted by atomic mass is 32.2. The van der Waals surface area contributed by atoms with Crippen LogP contribution in [0, 0.1) is 6.92 Å². The van der Waals surface area contributed by atoms with E-state index < -0.39 is 0 Å². The molecule has 0 N–H and O–H groups in total. The van der Waals surface area contributed by atoms with Crippen molar-refractivity contribution < 1.29 is 9.53 Å². The molecule has 1 aliphatic heterocycles. The number of hydrazone groups is 1. The van der Waals surface area contributed by atoms with Gasteiger partial charge in [-0.05, 0) is 68.0 Å². The van der Waals surface area contributed by atoms with E-state index >= 15 is 0 Å². The third-order valence-corrected chi connectivity index (χ3v) is 8.31. The SMILES string of the molecule is CCCCOc1cccc(-c2nn(-c3ccccc3)cc2C=C2C(=O)N(c3ccccc3)N=C2CSc2ccc(C)cc2)c1. The average molecular weight is 599 g/mol. The number of aryl methyl sites for hydroxylation is 1. The van der Waals surface area contributed by atoms with Gasteiger partial charge in [0.1, 0.15) is 11.4 Å². The van der Waals surface area contributed by atoms with Crippen LogP contribution in [0.25, 0.3) is 23.0 Å². The number of hydrogen-bond acceptors (Lipinski definition) is 5. The fourth-order valence-corrected chi connectivity index (χ4v) is 5.74. The highest BCUT2D eigenvalue weighted by Crippen LogP contribution is 2.32. The van der Waals surface area contributed by atoms with E-state index in [4.69, 9.17) is 14.9 Å². The molecule has 5 aromatic rings. The molecule has 1 aromatic heterocycles. The predicted molar refractivity (Wildman–Crippen MR) is 181 cm³/mol. The summed E-state index contributed by atoms with van der Waals surface area (Å²) in [6.45, 7) is 4.89. The second-order valence-electron chi connectivity index (χ2n) is 10.6. The fourth-order valence-electron chi connectivity index (χ4n) is 4.89. The molecule has 220 valence electrons. The van der Waals surface area contributed by atoms with E-state index in [-0.39, 0.29) is 5.91 Å². The number of carbonyl (C=O) groups excluding carboxylic acids is 1. The smallest absolute Gasteiger partial charge is 0.280 e. The van der Waals surface area contributed by atoms with Gasteiger partial charge in [0.05, 0.1) is 29.3 Å². The number of anilines is 1. The van der Waals surface area contributed by atoms with Crippen LogP contribution in [-0.2, 0) is 4.79 Å². The van der Waals surface area contributed by atoms with Crippen LogP contribution < -0.4 is 9.75 Å². The van der Waals surface area contributed by atoms with Crippen molar-refractivity contribution in [2.24, 2.45) is 5.10 Å². The summed E-state index contributed by atoms with van der Waals surface area (Å²) >= 11 is 1.67. The Kier molecular flexibility index (Phi) is 9.03. The first kappa shape index (κ1) is 29.2. The van der Waals surface area contributed by atoms with Crippen molar-refractivity contribution in [1.82, 2.24) is 9.78 Å². The van der Waals surface area contributed by atoms with E-state index in [1.807, 2.05) is 102 Å². The quantitative estimate of drug-likeness (QED) is 0.0868. The molecule has 0 spiro atoms. The molecule has 0 aliphatic carbocycles. The molecular weight excluding hydrogens is 565 g/mol. The van der Waals surface area contributed by atoms with Crippen LogP contribution >= 0.6 is 11.8 Å². The molecule has 0 saturated carbocycles. The minimum Gasteiger partial charge on any atom is -0.494 e. The Bertz CT molecular complexity index is 1790. The summed E-state index contributed by atoms with van der Waals surface area (Å²) in [4.78, 5) is 15.1. The number of nitrogens with zero attached hydrogens (tertiary/aromatic N) is 4. The standard InChI is InChI=1S/C37H34N4O2S/c1-3-4-22-43-32-17-11-12-28(23-32)36-29(25-40(39-36)30-13-7-5-8-14-30)24-34-35(26-44-33-20-18-27(2)19-21-33)38-41(37(34)42)31-15-9-6-10-16-31/h5-21,23-25H,3-4,22,26H2,1-2H3. The summed E-state index contributed by atoms with van der Waals surface area (Å²) < 4.78 is 7.88. The van der Waals surface area contributed by atoms with Crippen LogP contribution in [0.3, 0.4) is 0 Å². The first-order valence-electron chi connectivity index (χ1n) is 14.9. The van der Waals surface area contributed by atoms with Crippen LogP contribution in [-0.4, -0.2) is 33.8 Å². The minimum absolute atomic E-state index is 0.161.